The van der Waals surface area contributed by atoms with E-state index in [1.807, 2.05) is 0 Å². The molecule has 4 bridgehead atoms. The third kappa shape index (κ3) is 1.59. The fourth-order valence-corrected chi connectivity index (χ4v) is 8.36. The van der Waals surface area contributed by atoms with Gasteiger partial charge in [-0.15, -0.1) is 0 Å². The maximum absolute atomic E-state index is 12.5. The van der Waals surface area contributed by atoms with Crippen LogP contribution in [-0.2, 0) is 9.53 Å². The van der Waals surface area contributed by atoms with Gasteiger partial charge in [0.25, 0.3) is 0 Å². The lowest BCUT2D eigenvalue weighted by molar-refractivity contribution is -0.233. The molecule has 0 aromatic carbocycles. The molecule has 3 nitrogen and oxygen atoms in total. The number of rotatable bonds is 0. The Hall–Kier alpha value is -0.570. The van der Waals surface area contributed by atoms with E-state index in [9.17, 15) is 9.90 Å². The number of hydrogen-bond acceptors (Lipinski definition) is 3. The molecule has 1 heterocycles. The van der Waals surface area contributed by atoms with E-state index < -0.39 is 5.60 Å². The SMILES string of the molecule is CC12CCC[C@@]3(COC1=O)C1CC[C@@H]4C[C@@]1(CC[C@H]23)C[C@@]4(C)O. The van der Waals surface area contributed by atoms with Crippen LogP contribution in [-0.4, -0.2) is 23.3 Å². The first kappa shape index (κ1) is 14.7. The Bertz CT molecular complexity index is 569. The first-order valence-corrected chi connectivity index (χ1v) is 9.72. The number of hydrogen-bond donors (Lipinski definition) is 1. The van der Waals surface area contributed by atoms with Gasteiger partial charge in [0, 0.05) is 5.41 Å². The van der Waals surface area contributed by atoms with Crippen LogP contribution in [0.25, 0.3) is 0 Å². The highest BCUT2D eigenvalue weighted by molar-refractivity contribution is 5.78. The van der Waals surface area contributed by atoms with Crippen LogP contribution >= 0.6 is 0 Å². The number of fused-ring (bicyclic) bond motifs is 1. The second kappa shape index (κ2) is 4.15. The van der Waals surface area contributed by atoms with Gasteiger partial charge in [-0.3, -0.25) is 4.79 Å². The highest BCUT2D eigenvalue weighted by Crippen LogP contribution is 2.74. The van der Waals surface area contributed by atoms with Crippen LogP contribution in [0.3, 0.4) is 0 Å². The number of cyclic esters (lactones) is 1. The van der Waals surface area contributed by atoms with Gasteiger partial charge in [0.05, 0.1) is 17.6 Å². The highest BCUT2D eigenvalue weighted by atomic mass is 16.5. The first-order chi connectivity index (χ1) is 10.8. The van der Waals surface area contributed by atoms with Gasteiger partial charge in [0.15, 0.2) is 0 Å². The predicted molar refractivity (Wildman–Crippen MR) is 86.6 cm³/mol. The standard InChI is InChI=1S/C20H30O3/c1-17-7-3-8-20(12-23-16(17)21)14(17)6-9-19-10-13(4-5-15(19)20)18(2,22)11-19/h13-15,22H,3-12H2,1-2H3/t13-,14-,15?,17?,18-,19+,20+/m1/s1. The summed E-state index contributed by atoms with van der Waals surface area (Å²) in [6.45, 7) is 4.91. The minimum atomic E-state index is -0.471. The van der Waals surface area contributed by atoms with E-state index in [-0.39, 0.29) is 16.8 Å². The lowest BCUT2D eigenvalue weighted by Gasteiger charge is -2.66. The molecule has 3 heteroatoms. The van der Waals surface area contributed by atoms with E-state index in [0.29, 0.717) is 29.8 Å². The molecule has 0 aromatic heterocycles. The zero-order valence-corrected chi connectivity index (χ0v) is 14.6. The van der Waals surface area contributed by atoms with Crippen molar-refractivity contribution in [3.63, 3.8) is 0 Å². The Morgan fingerprint density at radius 1 is 1.09 bits per heavy atom. The van der Waals surface area contributed by atoms with Gasteiger partial charge in [-0.1, -0.05) is 6.42 Å². The van der Waals surface area contributed by atoms with Crippen molar-refractivity contribution in [2.24, 2.45) is 34.0 Å². The minimum absolute atomic E-state index is 0.0703. The normalized spacial score (nSPS) is 60.7. The molecular weight excluding hydrogens is 288 g/mol. The number of carbonyl (C=O) groups excluding carboxylic acids is 1. The fraction of sp³-hybridized carbons (Fsp3) is 0.950. The number of aliphatic hydroxyl groups is 1. The summed E-state index contributed by atoms with van der Waals surface area (Å²) in [7, 11) is 0. The van der Waals surface area contributed by atoms with Crippen LogP contribution in [0.15, 0.2) is 0 Å². The second-order valence-electron chi connectivity index (χ2n) is 10.1. The molecule has 1 spiro atoms. The van der Waals surface area contributed by atoms with Gasteiger partial charge >= 0.3 is 5.97 Å². The molecule has 0 amide bonds. The van der Waals surface area contributed by atoms with E-state index in [1.165, 1.54) is 44.9 Å². The molecule has 5 aliphatic rings. The Labute approximate surface area is 139 Å². The fourth-order valence-electron chi connectivity index (χ4n) is 8.36. The number of ether oxygens (including phenoxy) is 1. The van der Waals surface area contributed by atoms with Crippen molar-refractivity contribution in [1.82, 2.24) is 0 Å². The Morgan fingerprint density at radius 3 is 2.74 bits per heavy atom. The summed E-state index contributed by atoms with van der Waals surface area (Å²) in [6, 6.07) is 0. The van der Waals surface area contributed by atoms with Gasteiger partial charge in [-0.25, -0.2) is 0 Å². The van der Waals surface area contributed by atoms with Gasteiger partial charge in [-0.2, -0.15) is 0 Å². The quantitative estimate of drug-likeness (QED) is 0.693. The van der Waals surface area contributed by atoms with Crippen LogP contribution in [0, 0.1) is 34.0 Å². The smallest absolute Gasteiger partial charge is 0.312 e. The molecular formula is C20H30O3. The lowest BCUT2D eigenvalue weighted by atomic mass is 9.40. The van der Waals surface area contributed by atoms with Crippen molar-refractivity contribution in [1.29, 1.82) is 0 Å². The molecule has 5 fully saturated rings. The molecule has 4 aliphatic carbocycles. The second-order valence-corrected chi connectivity index (χ2v) is 10.1. The van der Waals surface area contributed by atoms with Crippen molar-refractivity contribution in [3.8, 4) is 0 Å². The topological polar surface area (TPSA) is 46.5 Å². The number of esters is 1. The largest absolute Gasteiger partial charge is 0.465 e. The average Bonchev–Trinajstić information content (AvgIpc) is 2.68. The van der Waals surface area contributed by atoms with Gasteiger partial charge in [-0.05, 0) is 88.4 Å². The molecule has 1 saturated heterocycles. The maximum atomic E-state index is 12.5. The summed E-state index contributed by atoms with van der Waals surface area (Å²) in [5.74, 6) is 1.74. The minimum Gasteiger partial charge on any atom is -0.465 e. The van der Waals surface area contributed by atoms with E-state index in [2.05, 4.69) is 13.8 Å². The molecule has 7 atom stereocenters. The molecule has 4 saturated carbocycles. The van der Waals surface area contributed by atoms with Crippen molar-refractivity contribution in [2.45, 2.75) is 77.2 Å². The molecule has 1 aliphatic heterocycles. The predicted octanol–water partition coefficient (Wildman–Crippen LogP) is 3.69. The van der Waals surface area contributed by atoms with Crippen LogP contribution in [0.1, 0.15) is 71.6 Å². The third-order valence-electron chi connectivity index (χ3n) is 9.15. The molecule has 128 valence electrons. The summed E-state index contributed by atoms with van der Waals surface area (Å²) in [5.41, 5.74) is -0.174. The van der Waals surface area contributed by atoms with Gasteiger partial charge in [0.1, 0.15) is 0 Å². The molecule has 2 unspecified atom stereocenters. The highest BCUT2D eigenvalue weighted by Gasteiger charge is 2.70. The van der Waals surface area contributed by atoms with Crippen LogP contribution in [0.2, 0.25) is 0 Å². The van der Waals surface area contributed by atoms with Crippen molar-refractivity contribution in [3.05, 3.63) is 0 Å². The van der Waals surface area contributed by atoms with Crippen LogP contribution < -0.4 is 0 Å². The summed E-state index contributed by atoms with van der Waals surface area (Å²) < 4.78 is 5.81. The average molecular weight is 318 g/mol. The Kier molecular flexibility index (Phi) is 2.66. The van der Waals surface area contributed by atoms with Crippen molar-refractivity contribution < 1.29 is 14.6 Å². The molecule has 23 heavy (non-hydrogen) atoms. The van der Waals surface area contributed by atoms with Gasteiger partial charge in [0.2, 0.25) is 0 Å². The summed E-state index contributed by atoms with van der Waals surface area (Å²) >= 11 is 0. The zero-order chi connectivity index (χ0) is 16.1. The van der Waals surface area contributed by atoms with E-state index >= 15 is 0 Å². The first-order valence-electron chi connectivity index (χ1n) is 9.72. The molecule has 0 radical (unpaired) electrons. The summed E-state index contributed by atoms with van der Waals surface area (Å²) in [5, 5.41) is 10.9. The Morgan fingerprint density at radius 2 is 1.91 bits per heavy atom. The third-order valence-corrected chi connectivity index (χ3v) is 9.15. The molecule has 5 rings (SSSR count). The monoisotopic (exact) mass is 318 g/mol. The van der Waals surface area contributed by atoms with Gasteiger partial charge < -0.3 is 9.84 Å². The zero-order valence-electron chi connectivity index (χ0n) is 14.6. The summed E-state index contributed by atoms with van der Waals surface area (Å²) in [4.78, 5) is 12.5. The summed E-state index contributed by atoms with van der Waals surface area (Å²) in [6.07, 6.45) is 10.4. The van der Waals surface area contributed by atoms with Crippen molar-refractivity contribution in [2.75, 3.05) is 6.61 Å². The molecule has 0 aromatic rings. The van der Waals surface area contributed by atoms with Crippen molar-refractivity contribution >= 4 is 5.97 Å². The number of carbonyl (C=O) groups is 1. The van der Waals surface area contributed by atoms with E-state index in [0.717, 1.165) is 12.8 Å². The van der Waals surface area contributed by atoms with E-state index in [1.54, 1.807) is 0 Å². The lowest BCUT2D eigenvalue weighted by Crippen LogP contribution is -2.64. The molecule has 1 N–H and O–H groups in total. The van der Waals surface area contributed by atoms with E-state index in [4.69, 9.17) is 4.74 Å². The Balaban J connectivity index is 1.60. The maximum Gasteiger partial charge on any atom is 0.312 e. The van der Waals surface area contributed by atoms with Crippen LogP contribution in [0.4, 0.5) is 0 Å². The van der Waals surface area contributed by atoms with Crippen LogP contribution in [0.5, 0.6) is 0 Å².